The van der Waals surface area contributed by atoms with Crippen molar-refractivity contribution in [1.82, 2.24) is 5.32 Å². The molecular formula is C18H21N3O4. The maximum absolute atomic E-state index is 12.3. The first kappa shape index (κ1) is 15.9. The fourth-order valence-electron chi connectivity index (χ4n) is 3.39. The summed E-state index contributed by atoms with van der Waals surface area (Å²) in [4.78, 5) is 38.8. The highest BCUT2D eigenvalue weighted by Crippen LogP contribution is 2.37. The molecular weight excluding hydrogens is 322 g/mol. The summed E-state index contributed by atoms with van der Waals surface area (Å²) in [5.41, 5.74) is 2.65. The predicted octanol–water partition coefficient (Wildman–Crippen LogP) is 1.45. The Bertz CT molecular complexity index is 744. The molecule has 3 aliphatic rings. The highest BCUT2D eigenvalue weighted by atomic mass is 16.6. The maximum Gasteiger partial charge on any atom is 0.414 e. The van der Waals surface area contributed by atoms with Crippen LogP contribution in [0.5, 0.6) is 0 Å². The minimum atomic E-state index is -0.422. The van der Waals surface area contributed by atoms with Gasteiger partial charge in [0.05, 0.1) is 19.5 Å². The lowest BCUT2D eigenvalue weighted by Crippen LogP contribution is -2.33. The number of hydrogen-bond donors (Lipinski definition) is 1. The van der Waals surface area contributed by atoms with Crippen LogP contribution in [0.1, 0.15) is 25.3 Å². The Morgan fingerprint density at radius 1 is 1.32 bits per heavy atom. The van der Waals surface area contributed by atoms with Crippen molar-refractivity contribution < 1.29 is 19.1 Å². The van der Waals surface area contributed by atoms with Gasteiger partial charge in [-0.3, -0.25) is 14.5 Å². The van der Waals surface area contributed by atoms with Crippen LogP contribution in [0.25, 0.3) is 0 Å². The molecule has 2 aliphatic heterocycles. The van der Waals surface area contributed by atoms with Crippen molar-refractivity contribution in [3.05, 3.63) is 23.8 Å². The normalized spacial score (nSPS) is 22.2. The average Bonchev–Trinajstić information content (AvgIpc) is 3.23. The Hall–Kier alpha value is -2.57. The first-order chi connectivity index (χ1) is 12.0. The zero-order chi connectivity index (χ0) is 17.6. The molecule has 25 heavy (non-hydrogen) atoms. The number of carbonyl (C=O) groups is 3. The summed E-state index contributed by atoms with van der Waals surface area (Å²) < 4.78 is 5.30. The van der Waals surface area contributed by atoms with Crippen molar-refractivity contribution in [2.24, 2.45) is 5.92 Å². The number of nitrogens with zero attached hydrogens (tertiary/aromatic N) is 2. The summed E-state index contributed by atoms with van der Waals surface area (Å²) in [7, 11) is 0. The van der Waals surface area contributed by atoms with Gasteiger partial charge in [-0.1, -0.05) is 0 Å². The molecule has 4 rings (SSSR count). The molecule has 132 valence electrons. The van der Waals surface area contributed by atoms with Crippen molar-refractivity contribution in [3.8, 4) is 0 Å². The molecule has 7 heteroatoms. The smallest absolute Gasteiger partial charge is 0.414 e. The van der Waals surface area contributed by atoms with Crippen LogP contribution in [-0.4, -0.2) is 43.6 Å². The summed E-state index contributed by atoms with van der Waals surface area (Å²) in [5.74, 6) is 0.616. The second-order valence-corrected chi connectivity index (χ2v) is 6.99. The van der Waals surface area contributed by atoms with Gasteiger partial charge in [-0.2, -0.15) is 0 Å². The molecule has 1 aliphatic carbocycles. The largest absolute Gasteiger partial charge is 0.442 e. The number of benzene rings is 1. The zero-order valence-corrected chi connectivity index (χ0v) is 14.2. The molecule has 2 fully saturated rings. The van der Waals surface area contributed by atoms with Crippen molar-refractivity contribution in [2.75, 3.05) is 29.4 Å². The van der Waals surface area contributed by atoms with E-state index in [0.717, 1.165) is 23.5 Å². The number of anilines is 2. The first-order valence-electron chi connectivity index (χ1n) is 8.67. The number of nitrogens with one attached hydrogen (secondary N) is 1. The van der Waals surface area contributed by atoms with E-state index >= 15 is 0 Å². The molecule has 0 unspecified atom stereocenters. The van der Waals surface area contributed by atoms with Gasteiger partial charge in [0.25, 0.3) is 0 Å². The lowest BCUT2D eigenvalue weighted by molar-refractivity contribution is -0.119. The summed E-state index contributed by atoms with van der Waals surface area (Å²) in [6, 6.07) is 5.69. The van der Waals surface area contributed by atoms with Crippen molar-refractivity contribution >= 4 is 29.3 Å². The average molecular weight is 343 g/mol. The quantitative estimate of drug-likeness (QED) is 0.878. The molecule has 1 N–H and O–H groups in total. The first-order valence-corrected chi connectivity index (χ1v) is 8.67. The van der Waals surface area contributed by atoms with E-state index in [1.165, 1.54) is 19.8 Å². The van der Waals surface area contributed by atoms with Gasteiger partial charge in [0, 0.05) is 24.8 Å². The number of amides is 3. The Labute approximate surface area is 145 Å². The van der Waals surface area contributed by atoms with Crippen LogP contribution in [0.3, 0.4) is 0 Å². The van der Waals surface area contributed by atoms with Crippen LogP contribution in [0.4, 0.5) is 16.2 Å². The molecule has 7 nitrogen and oxygen atoms in total. The van der Waals surface area contributed by atoms with Crippen molar-refractivity contribution in [2.45, 2.75) is 32.3 Å². The van der Waals surface area contributed by atoms with Gasteiger partial charge < -0.3 is 15.0 Å². The van der Waals surface area contributed by atoms with Crippen LogP contribution < -0.4 is 15.1 Å². The number of fused-ring (bicyclic) bond motifs is 1. The molecule has 1 aromatic rings. The molecule has 0 bridgehead atoms. The standard InChI is InChI=1S/C18H21N3O4/c1-11(22)19-8-15-10-20(18(24)25-15)14-4-5-16-13(6-14)7-17(23)21(16)9-12-2-3-12/h4-6,12,15H,2-3,7-10H2,1H3,(H,19,22)/t15-/m0/s1. The van der Waals surface area contributed by atoms with Gasteiger partial charge in [-0.25, -0.2) is 4.79 Å². The highest BCUT2D eigenvalue weighted by molar-refractivity contribution is 6.02. The molecule has 1 atom stereocenters. The van der Waals surface area contributed by atoms with E-state index in [2.05, 4.69) is 5.32 Å². The third kappa shape index (κ3) is 3.18. The van der Waals surface area contributed by atoms with E-state index < -0.39 is 6.09 Å². The van der Waals surface area contributed by atoms with Gasteiger partial charge in [-0.05, 0) is 42.5 Å². The number of cyclic esters (lactones) is 1. The molecule has 2 heterocycles. The van der Waals surface area contributed by atoms with Crippen LogP contribution in [0, 0.1) is 5.92 Å². The van der Waals surface area contributed by atoms with Crippen molar-refractivity contribution in [1.29, 1.82) is 0 Å². The summed E-state index contributed by atoms with van der Waals surface area (Å²) >= 11 is 0. The Morgan fingerprint density at radius 3 is 2.84 bits per heavy atom. The van der Waals surface area contributed by atoms with E-state index in [4.69, 9.17) is 4.74 Å². The second kappa shape index (κ2) is 6.06. The van der Waals surface area contributed by atoms with Gasteiger partial charge in [0.2, 0.25) is 11.8 Å². The monoisotopic (exact) mass is 343 g/mol. The Morgan fingerprint density at radius 2 is 2.12 bits per heavy atom. The number of rotatable bonds is 5. The van der Waals surface area contributed by atoms with E-state index in [0.29, 0.717) is 25.4 Å². The zero-order valence-electron chi connectivity index (χ0n) is 14.2. The van der Waals surface area contributed by atoms with E-state index in [9.17, 15) is 14.4 Å². The molecule has 0 aromatic heterocycles. The Balaban J connectivity index is 1.49. The lowest BCUT2D eigenvalue weighted by Gasteiger charge is -2.18. The Kier molecular flexibility index (Phi) is 3.86. The van der Waals surface area contributed by atoms with Crippen LogP contribution in [0.2, 0.25) is 0 Å². The minimum absolute atomic E-state index is 0.131. The van der Waals surface area contributed by atoms with E-state index in [1.807, 2.05) is 23.1 Å². The fraction of sp³-hybridized carbons (Fsp3) is 0.500. The van der Waals surface area contributed by atoms with Gasteiger partial charge >= 0.3 is 6.09 Å². The van der Waals surface area contributed by atoms with Crippen molar-refractivity contribution in [3.63, 3.8) is 0 Å². The third-order valence-electron chi connectivity index (χ3n) is 4.90. The molecule has 3 amide bonds. The van der Waals surface area contributed by atoms with E-state index in [-0.39, 0.29) is 17.9 Å². The van der Waals surface area contributed by atoms with E-state index in [1.54, 1.807) is 4.90 Å². The maximum atomic E-state index is 12.3. The number of hydrogen-bond acceptors (Lipinski definition) is 4. The number of carbonyl (C=O) groups excluding carboxylic acids is 3. The molecule has 1 aromatic carbocycles. The summed E-state index contributed by atoms with van der Waals surface area (Å²) in [6.45, 7) is 2.92. The summed E-state index contributed by atoms with van der Waals surface area (Å²) in [6.07, 6.45) is 2.00. The van der Waals surface area contributed by atoms with Gasteiger partial charge in [0.15, 0.2) is 0 Å². The van der Waals surface area contributed by atoms with Gasteiger partial charge in [0.1, 0.15) is 6.10 Å². The molecule has 1 saturated heterocycles. The second-order valence-electron chi connectivity index (χ2n) is 6.99. The fourth-order valence-corrected chi connectivity index (χ4v) is 3.39. The number of ether oxygens (including phenoxy) is 1. The van der Waals surface area contributed by atoms with Crippen LogP contribution in [-0.2, 0) is 20.7 Å². The molecule has 0 radical (unpaired) electrons. The van der Waals surface area contributed by atoms with Crippen LogP contribution in [0.15, 0.2) is 18.2 Å². The summed E-state index contributed by atoms with van der Waals surface area (Å²) in [5, 5.41) is 2.66. The predicted molar refractivity (Wildman–Crippen MR) is 91.5 cm³/mol. The third-order valence-corrected chi connectivity index (χ3v) is 4.90. The SMILES string of the molecule is CC(=O)NC[C@H]1CN(c2ccc3c(c2)CC(=O)N3CC2CC2)C(=O)O1. The van der Waals surface area contributed by atoms with Gasteiger partial charge in [-0.15, -0.1) is 0 Å². The molecule has 1 saturated carbocycles. The lowest BCUT2D eigenvalue weighted by atomic mass is 10.1. The van der Waals surface area contributed by atoms with Crippen LogP contribution >= 0.6 is 0 Å². The molecule has 0 spiro atoms. The highest BCUT2D eigenvalue weighted by Gasteiger charge is 2.36. The topological polar surface area (TPSA) is 79.0 Å². The minimum Gasteiger partial charge on any atom is -0.442 e.